The molecule has 0 heterocycles. The van der Waals surface area contributed by atoms with Gasteiger partial charge in [0.15, 0.2) is 0 Å². The molecule has 0 bridgehead atoms. The smallest absolute Gasteiger partial charge is 0.418 e. The second-order valence-electron chi connectivity index (χ2n) is 4.57. The summed E-state index contributed by atoms with van der Waals surface area (Å²) in [6.07, 6.45) is 3.34. The second-order valence-corrected chi connectivity index (χ2v) is 5.64. The average molecular weight is 304 g/mol. The molecule has 0 N–H and O–H groups in total. The number of para-hydroxylation sites is 2. The molecule has 3 nitrogen and oxygen atoms in total. The molecule has 2 aromatic rings. The minimum absolute atomic E-state index is 0.652. The summed E-state index contributed by atoms with van der Waals surface area (Å²) in [7, 11) is -1.43. The van der Waals surface area contributed by atoms with Crippen molar-refractivity contribution in [2.24, 2.45) is 0 Å². The predicted octanol–water partition coefficient (Wildman–Crippen LogP) is 5.58. The van der Waals surface area contributed by atoms with Crippen LogP contribution in [0.2, 0.25) is 0 Å². The molecule has 0 unspecified atom stereocenters. The van der Waals surface area contributed by atoms with E-state index in [1.165, 1.54) is 6.42 Å². The predicted molar refractivity (Wildman–Crippen MR) is 86.5 cm³/mol. The Morgan fingerprint density at radius 1 is 0.762 bits per heavy atom. The molecule has 0 radical (unpaired) electrons. The largest absolute Gasteiger partial charge is 0.463 e. The van der Waals surface area contributed by atoms with E-state index >= 15 is 0 Å². The van der Waals surface area contributed by atoms with Gasteiger partial charge in [-0.25, -0.2) is 0 Å². The number of benzene rings is 2. The van der Waals surface area contributed by atoms with Crippen LogP contribution in [-0.2, 0) is 4.52 Å². The van der Waals surface area contributed by atoms with E-state index in [0.717, 1.165) is 24.3 Å². The van der Waals surface area contributed by atoms with Crippen LogP contribution in [0.3, 0.4) is 0 Å². The summed E-state index contributed by atoms with van der Waals surface area (Å²) in [5.41, 5.74) is 0. The highest BCUT2D eigenvalue weighted by molar-refractivity contribution is 7.42. The van der Waals surface area contributed by atoms with Crippen LogP contribution in [0.4, 0.5) is 0 Å². The standard InChI is InChI=1S/C17H21O3P/c1-2-3-10-15-18-21(19-16-11-6-4-7-12-16)20-17-13-8-5-9-14-17/h4-9,11-14H,2-3,10,15H2,1H3. The minimum Gasteiger partial charge on any atom is -0.418 e. The summed E-state index contributed by atoms with van der Waals surface area (Å²) < 4.78 is 17.4. The first-order chi connectivity index (χ1) is 10.4. The maximum absolute atomic E-state index is 5.82. The molecule has 0 saturated heterocycles. The van der Waals surface area contributed by atoms with Crippen LogP contribution in [0, 0.1) is 0 Å². The van der Waals surface area contributed by atoms with Crippen LogP contribution in [-0.4, -0.2) is 6.61 Å². The fourth-order valence-corrected chi connectivity index (χ4v) is 2.71. The van der Waals surface area contributed by atoms with E-state index in [2.05, 4.69) is 6.92 Å². The van der Waals surface area contributed by atoms with Gasteiger partial charge < -0.3 is 9.05 Å². The SMILES string of the molecule is CCCCCOP(Oc1ccccc1)Oc1ccccc1. The maximum atomic E-state index is 5.82. The molecule has 4 heteroatoms. The van der Waals surface area contributed by atoms with Crippen molar-refractivity contribution in [1.29, 1.82) is 0 Å². The molecule has 0 aliphatic rings. The zero-order valence-electron chi connectivity index (χ0n) is 12.3. The first-order valence-corrected chi connectivity index (χ1v) is 8.37. The lowest BCUT2D eigenvalue weighted by atomic mass is 10.3. The van der Waals surface area contributed by atoms with Crippen molar-refractivity contribution < 1.29 is 13.6 Å². The van der Waals surface area contributed by atoms with Crippen LogP contribution in [0.25, 0.3) is 0 Å². The van der Waals surface area contributed by atoms with Gasteiger partial charge in [0, 0.05) is 0 Å². The first-order valence-electron chi connectivity index (χ1n) is 7.27. The Morgan fingerprint density at radius 3 is 1.76 bits per heavy atom. The van der Waals surface area contributed by atoms with E-state index in [9.17, 15) is 0 Å². The van der Waals surface area contributed by atoms with Crippen molar-refractivity contribution in [3.8, 4) is 11.5 Å². The lowest BCUT2D eigenvalue weighted by molar-refractivity contribution is 0.259. The Labute approximate surface area is 127 Å². The molecule has 0 spiro atoms. The Balaban J connectivity index is 1.93. The average Bonchev–Trinajstić information content (AvgIpc) is 2.53. The zero-order valence-corrected chi connectivity index (χ0v) is 13.2. The third-order valence-corrected chi connectivity index (χ3v) is 3.90. The van der Waals surface area contributed by atoms with E-state index in [1.54, 1.807) is 0 Å². The maximum Gasteiger partial charge on any atom is 0.463 e. The highest BCUT2D eigenvalue weighted by Crippen LogP contribution is 2.41. The normalized spacial score (nSPS) is 10.6. The van der Waals surface area contributed by atoms with Gasteiger partial charge in [-0.05, 0) is 30.7 Å². The molecule has 0 saturated carbocycles. The minimum atomic E-state index is -1.43. The summed E-state index contributed by atoms with van der Waals surface area (Å²) in [5, 5.41) is 0. The molecule has 0 fully saturated rings. The van der Waals surface area contributed by atoms with Crippen molar-refractivity contribution in [2.75, 3.05) is 6.61 Å². The molecule has 0 aliphatic carbocycles. The molecule has 0 amide bonds. The Hall–Kier alpha value is -1.57. The summed E-state index contributed by atoms with van der Waals surface area (Å²) in [5.74, 6) is 1.52. The van der Waals surface area contributed by atoms with E-state index in [1.807, 2.05) is 60.7 Å². The molecule has 112 valence electrons. The van der Waals surface area contributed by atoms with Crippen LogP contribution in [0.1, 0.15) is 26.2 Å². The van der Waals surface area contributed by atoms with Gasteiger partial charge in [-0.15, -0.1) is 0 Å². The zero-order chi connectivity index (χ0) is 14.8. The Bertz CT molecular complexity index is 448. The Kier molecular flexibility index (Phi) is 7.06. The van der Waals surface area contributed by atoms with Crippen LogP contribution >= 0.6 is 8.60 Å². The monoisotopic (exact) mass is 304 g/mol. The van der Waals surface area contributed by atoms with Gasteiger partial charge in [0.2, 0.25) is 0 Å². The van der Waals surface area contributed by atoms with Crippen molar-refractivity contribution >= 4 is 8.60 Å². The third-order valence-electron chi connectivity index (χ3n) is 2.79. The van der Waals surface area contributed by atoms with E-state index in [0.29, 0.717) is 6.61 Å². The quantitative estimate of drug-likeness (QED) is 0.447. The van der Waals surface area contributed by atoms with Crippen LogP contribution < -0.4 is 9.05 Å². The number of hydrogen-bond donors (Lipinski definition) is 0. The third kappa shape index (κ3) is 6.16. The van der Waals surface area contributed by atoms with Gasteiger partial charge in [0.1, 0.15) is 11.5 Å². The number of rotatable bonds is 9. The Morgan fingerprint density at radius 2 is 1.29 bits per heavy atom. The van der Waals surface area contributed by atoms with Crippen molar-refractivity contribution in [2.45, 2.75) is 26.2 Å². The molecule has 2 aromatic carbocycles. The molecular formula is C17H21O3P. The van der Waals surface area contributed by atoms with E-state index in [-0.39, 0.29) is 0 Å². The van der Waals surface area contributed by atoms with Gasteiger partial charge in [0.05, 0.1) is 6.61 Å². The summed E-state index contributed by atoms with van der Waals surface area (Å²) in [4.78, 5) is 0. The lowest BCUT2D eigenvalue weighted by Gasteiger charge is -2.17. The molecule has 2 rings (SSSR count). The highest BCUT2D eigenvalue weighted by atomic mass is 31.2. The number of hydrogen-bond acceptors (Lipinski definition) is 3. The first kappa shape index (κ1) is 15.8. The van der Waals surface area contributed by atoms with Crippen molar-refractivity contribution in [1.82, 2.24) is 0 Å². The van der Waals surface area contributed by atoms with Crippen LogP contribution in [0.15, 0.2) is 60.7 Å². The second kappa shape index (κ2) is 9.38. The molecule has 0 atom stereocenters. The van der Waals surface area contributed by atoms with Gasteiger partial charge in [-0.2, -0.15) is 0 Å². The van der Waals surface area contributed by atoms with Gasteiger partial charge in [-0.3, -0.25) is 4.52 Å². The van der Waals surface area contributed by atoms with Gasteiger partial charge in [-0.1, -0.05) is 56.2 Å². The summed E-state index contributed by atoms with van der Waals surface area (Å²) >= 11 is 0. The molecular weight excluding hydrogens is 283 g/mol. The fourth-order valence-electron chi connectivity index (χ4n) is 1.70. The van der Waals surface area contributed by atoms with Crippen molar-refractivity contribution in [3.63, 3.8) is 0 Å². The lowest BCUT2D eigenvalue weighted by Crippen LogP contribution is -2.01. The summed E-state index contributed by atoms with van der Waals surface area (Å²) in [6.45, 7) is 2.82. The fraction of sp³-hybridized carbons (Fsp3) is 0.294. The molecule has 21 heavy (non-hydrogen) atoms. The topological polar surface area (TPSA) is 27.7 Å². The molecule has 0 aromatic heterocycles. The van der Waals surface area contributed by atoms with Crippen molar-refractivity contribution in [3.05, 3.63) is 60.7 Å². The van der Waals surface area contributed by atoms with Gasteiger partial charge >= 0.3 is 8.60 Å². The molecule has 0 aliphatic heterocycles. The highest BCUT2D eigenvalue weighted by Gasteiger charge is 2.16. The van der Waals surface area contributed by atoms with E-state index in [4.69, 9.17) is 13.6 Å². The van der Waals surface area contributed by atoms with E-state index < -0.39 is 8.60 Å². The number of unbranched alkanes of at least 4 members (excludes halogenated alkanes) is 2. The van der Waals surface area contributed by atoms with Crippen LogP contribution in [0.5, 0.6) is 11.5 Å². The van der Waals surface area contributed by atoms with Gasteiger partial charge in [0.25, 0.3) is 0 Å². The summed E-state index contributed by atoms with van der Waals surface area (Å²) in [6, 6.07) is 19.2.